The van der Waals surface area contributed by atoms with Gasteiger partial charge in [-0.15, -0.1) is 0 Å². The monoisotopic (exact) mass is 238 g/mol. The molecule has 0 fully saturated rings. The van der Waals surface area contributed by atoms with Crippen molar-refractivity contribution in [2.45, 2.75) is 6.54 Å². The first-order chi connectivity index (χ1) is 7.25. The third-order valence-corrected chi connectivity index (χ3v) is 3.10. The van der Waals surface area contributed by atoms with Crippen molar-refractivity contribution in [2.75, 3.05) is 11.1 Å². The maximum atomic E-state index is 6.03. The molecule has 0 radical (unpaired) electrons. The Morgan fingerprint density at radius 2 is 2.20 bits per heavy atom. The van der Waals surface area contributed by atoms with Crippen LogP contribution in [-0.2, 0) is 6.54 Å². The molecule has 0 aliphatic carbocycles. The van der Waals surface area contributed by atoms with E-state index in [1.54, 1.807) is 17.4 Å². The number of thiophene rings is 1. The van der Waals surface area contributed by atoms with Crippen LogP contribution in [0, 0.1) is 0 Å². The number of rotatable bonds is 3. The van der Waals surface area contributed by atoms with E-state index in [2.05, 4.69) is 22.1 Å². The molecule has 0 saturated heterocycles. The number of halogens is 1. The minimum atomic E-state index is 0.658. The second-order valence-electron chi connectivity index (χ2n) is 3.22. The maximum Gasteiger partial charge on any atom is 0.0658 e. The van der Waals surface area contributed by atoms with Gasteiger partial charge in [-0.1, -0.05) is 11.6 Å². The highest BCUT2D eigenvalue weighted by atomic mass is 35.5. The summed E-state index contributed by atoms with van der Waals surface area (Å²) in [6.45, 7) is 0.785. The van der Waals surface area contributed by atoms with Crippen LogP contribution in [0.5, 0.6) is 0 Å². The number of hydrogen-bond donors (Lipinski definition) is 2. The lowest BCUT2D eigenvalue weighted by atomic mass is 10.2. The zero-order valence-electron chi connectivity index (χ0n) is 8.03. The van der Waals surface area contributed by atoms with Crippen molar-refractivity contribution in [1.82, 2.24) is 0 Å². The highest BCUT2D eigenvalue weighted by Crippen LogP contribution is 2.24. The van der Waals surface area contributed by atoms with Crippen LogP contribution in [0.4, 0.5) is 11.4 Å². The third kappa shape index (κ3) is 2.64. The molecule has 2 aromatic rings. The minimum Gasteiger partial charge on any atom is -0.399 e. The maximum absolute atomic E-state index is 6.03. The normalized spacial score (nSPS) is 10.2. The van der Waals surface area contributed by atoms with E-state index >= 15 is 0 Å². The standard InChI is InChI=1S/C11H11ClN2S/c12-10-5-9(13)1-2-11(10)14-6-8-3-4-15-7-8/h1-5,7,14H,6,13H2. The van der Waals surface area contributed by atoms with Crippen LogP contribution in [0.1, 0.15) is 5.56 Å². The van der Waals surface area contributed by atoms with E-state index in [0.29, 0.717) is 10.7 Å². The van der Waals surface area contributed by atoms with Gasteiger partial charge >= 0.3 is 0 Å². The largest absolute Gasteiger partial charge is 0.399 e. The fourth-order valence-electron chi connectivity index (χ4n) is 1.27. The zero-order valence-corrected chi connectivity index (χ0v) is 9.61. The average Bonchev–Trinajstić information content (AvgIpc) is 2.69. The van der Waals surface area contributed by atoms with Gasteiger partial charge in [0.2, 0.25) is 0 Å². The van der Waals surface area contributed by atoms with Crippen LogP contribution >= 0.6 is 22.9 Å². The van der Waals surface area contributed by atoms with Gasteiger partial charge in [-0.2, -0.15) is 11.3 Å². The molecule has 4 heteroatoms. The van der Waals surface area contributed by atoms with E-state index in [1.807, 2.05) is 12.1 Å². The SMILES string of the molecule is Nc1ccc(NCc2ccsc2)c(Cl)c1. The van der Waals surface area contributed by atoms with E-state index < -0.39 is 0 Å². The van der Waals surface area contributed by atoms with E-state index in [9.17, 15) is 0 Å². The first kappa shape index (κ1) is 10.3. The van der Waals surface area contributed by atoms with Crippen molar-refractivity contribution >= 4 is 34.3 Å². The molecule has 0 atom stereocenters. The average molecular weight is 239 g/mol. The Labute approximate surface area is 97.7 Å². The van der Waals surface area contributed by atoms with Crippen molar-refractivity contribution in [2.24, 2.45) is 0 Å². The van der Waals surface area contributed by atoms with Crippen molar-refractivity contribution in [3.05, 3.63) is 45.6 Å². The molecule has 1 aromatic carbocycles. The summed E-state index contributed by atoms with van der Waals surface area (Å²) in [5.41, 5.74) is 8.46. The van der Waals surface area contributed by atoms with Crippen LogP contribution in [0.3, 0.4) is 0 Å². The lowest BCUT2D eigenvalue weighted by molar-refractivity contribution is 1.16. The first-order valence-electron chi connectivity index (χ1n) is 4.55. The second kappa shape index (κ2) is 4.55. The van der Waals surface area contributed by atoms with Crippen LogP contribution in [0.2, 0.25) is 5.02 Å². The lowest BCUT2D eigenvalue weighted by Gasteiger charge is -2.07. The lowest BCUT2D eigenvalue weighted by Crippen LogP contribution is -1.99. The summed E-state index contributed by atoms with van der Waals surface area (Å²) in [6, 6.07) is 7.56. The Balaban J connectivity index is 2.05. The number of nitrogens with two attached hydrogens (primary N) is 1. The molecule has 78 valence electrons. The molecule has 0 spiro atoms. The number of nitrogen functional groups attached to an aromatic ring is 1. The molecule has 0 saturated carbocycles. The van der Waals surface area contributed by atoms with Crippen LogP contribution in [-0.4, -0.2) is 0 Å². The summed E-state index contributed by atoms with van der Waals surface area (Å²) in [7, 11) is 0. The van der Waals surface area contributed by atoms with Crippen LogP contribution in [0.15, 0.2) is 35.0 Å². The molecule has 0 aliphatic rings. The number of benzene rings is 1. The van der Waals surface area contributed by atoms with E-state index in [0.717, 1.165) is 12.2 Å². The summed E-state index contributed by atoms with van der Waals surface area (Å²) < 4.78 is 0. The quantitative estimate of drug-likeness (QED) is 0.802. The summed E-state index contributed by atoms with van der Waals surface area (Å²) in [4.78, 5) is 0. The van der Waals surface area contributed by atoms with Crippen LogP contribution < -0.4 is 11.1 Å². The summed E-state index contributed by atoms with van der Waals surface area (Å²) in [5.74, 6) is 0. The van der Waals surface area contributed by atoms with Gasteiger partial charge in [-0.05, 0) is 40.6 Å². The minimum absolute atomic E-state index is 0.658. The molecule has 0 aliphatic heterocycles. The van der Waals surface area contributed by atoms with Gasteiger partial charge < -0.3 is 11.1 Å². The Hall–Kier alpha value is -1.19. The molecule has 15 heavy (non-hydrogen) atoms. The molecular weight excluding hydrogens is 228 g/mol. The smallest absolute Gasteiger partial charge is 0.0658 e. The Morgan fingerprint density at radius 3 is 2.87 bits per heavy atom. The highest BCUT2D eigenvalue weighted by molar-refractivity contribution is 7.07. The first-order valence-corrected chi connectivity index (χ1v) is 5.88. The Kier molecular flexibility index (Phi) is 3.14. The summed E-state index contributed by atoms with van der Waals surface area (Å²) in [5, 5.41) is 8.09. The van der Waals surface area contributed by atoms with Gasteiger partial charge in [0, 0.05) is 12.2 Å². The molecule has 1 heterocycles. The third-order valence-electron chi connectivity index (χ3n) is 2.06. The Morgan fingerprint density at radius 1 is 1.33 bits per heavy atom. The fourth-order valence-corrected chi connectivity index (χ4v) is 2.19. The van der Waals surface area contributed by atoms with Crippen molar-refractivity contribution in [3.8, 4) is 0 Å². The summed E-state index contributed by atoms with van der Waals surface area (Å²) in [6.07, 6.45) is 0. The molecule has 1 aromatic heterocycles. The molecule has 3 N–H and O–H groups in total. The number of anilines is 2. The molecule has 0 amide bonds. The Bertz CT molecular complexity index is 440. The van der Waals surface area contributed by atoms with Gasteiger partial charge in [0.25, 0.3) is 0 Å². The molecule has 2 nitrogen and oxygen atoms in total. The van der Waals surface area contributed by atoms with Gasteiger partial charge in [-0.3, -0.25) is 0 Å². The van der Waals surface area contributed by atoms with Crippen molar-refractivity contribution in [3.63, 3.8) is 0 Å². The summed E-state index contributed by atoms with van der Waals surface area (Å²) >= 11 is 7.72. The van der Waals surface area contributed by atoms with Gasteiger partial charge in [0.05, 0.1) is 10.7 Å². The van der Waals surface area contributed by atoms with Crippen LogP contribution in [0.25, 0.3) is 0 Å². The van der Waals surface area contributed by atoms with Crippen molar-refractivity contribution in [1.29, 1.82) is 0 Å². The fraction of sp³-hybridized carbons (Fsp3) is 0.0909. The topological polar surface area (TPSA) is 38.0 Å². The second-order valence-corrected chi connectivity index (χ2v) is 4.41. The van der Waals surface area contributed by atoms with E-state index in [-0.39, 0.29) is 0 Å². The predicted molar refractivity (Wildman–Crippen MR) is 67.5 cm³/mol. The highest BCUT2D eigenvalue weighted by Gasteiger charge is 2.00. The molecular formula is C11H11ClN2S. The number of hydrogen-bond acceptors (Lipinski definition) is 3. The van der Waals surface area contributed by atoms with Crippen molar-refractivity contribution < 1.29 is 0 Å². The van der Waals surface area contributed by atoms with Gasteiger partial charge in [0.1, 0.15) is 0 Å². The molecule has 2 rings (SSSR count). The van der Waals surface area contributed by atoms with E-state index in [4.69, 9.17) is 17.3 Å². The predicted octanol–water partition coefficient (Wildman–Crippen LogP) is 3.60. The van der Waals surface area contributed by atoms with Gasteiger partial charge in [-0.25, -0.2) is 0 Å². The number of nitrogens with one attached hydrogen (secondary N) is 1. The molecule has 0 unspecified atom stereocenters. The van der Waals surface area contributed by atoms with Gasteiger partial charge in [0.15, 0.2) is 0 Å². The van der Waals surface area contributed by atoms with E-state index in [1.165, 1.54) is 5.56 Å². The molecule has 0 bridgehead atoms. The zero-order chi connectivity index (χ0) is 10.7.